The third-order valence-electron chi connectivity index (χ3n) is 2.97. The molecular weight excluding hydrogens is 381 g/mol. The van der Waals surface area contributed by atoms with Crippen LogP contribution in [-0.4, -0.2) is 0 Å². The van der Waals surface area contributed by atoms with Crippen LogP contribution in [0.2, 0.25) is 0 Å². The Hall–Kier alpha value is -0.680. The van der Waals surface area contributed by atoms with Crippen molar-refractivity contribution in [3.8, 4) is 0 Å². The number of hydrogen-bond donors (Lipinski definition) is 0. The number of hydrogen-bond acceptors (Lipinski definition) is 0. The first-order valence-electron chi connectivity index (χ1n) is 5.82. The van der Waals surface area contributed by atoms with Gasteiger partial charge in [0.15, 0.2) is 0 Å². The molecule has 0 saturated carbocycles. The lowest BCUT2D eigenvalue weighted by atomic mass is 10.0. The van der Waals surface area contributed by atoms with Gasteiger partial charge in [0.25, 0.3) is 0 Å². The summed E-state index contributed by atoms with van der Waals surface area (Å²) in [4.78, 5) is 0. The predicted molar refractivity (Wildman–Crippen MR) is 82.6 cm³/mol. The fourth-order valence-electron chi connectivity index (χ4n) is 1.90. The van der Waals surface area contributed by atoms with Crippen LogP contribution in [0.15, 0.2) is 36.4 Å². The first-order valence-corrected chi connectivity index (χ1v) is 7.33. The third kappa shape index (κ3) is 3.45. The van der Waals surface area contributed by atoms with Crippen molar-refractivity contribution in [2.24, 2.45) is 0 Å². The summed E-state index contributed by atoms with van der Waals surface area (Å²) in [5.41, 5.74) is 2.55. The van der Waals surface area contributed by atoms with Gasteiger partial charge in [0, 0.05) is 9.64 Å². The van der Waals surface area contributed by atoms with Crippen LogP contribution in [0.25, 0.3) is 0 Å². The van der Waals surface area contributed by atoms with E-state index in [4.69, 9.17) is 11.6 Å². The van der Waals surface area contributed by atoms with Gasteiger partial charge in [-0.3, -0.25) is 0 Å². The van der Waals surface area contributed by atoms with E-state index in [1.165, 1.54) is 12.1 Å². The van der Waals surface area contributed by atoms with Gasteiger partial charge in [0.1, 0.15) is 11.6 Å². The highest BCUT2D eigenvalue weighted by atomic mass is 127. The molecule has 0 nitrogen and oxygen atoms in total. The summed E-state index contributed by atoms with van der Waals surface area (Å²) in [6, 6.07) is 9.47. The van der Waals surface area contributed by atoms with Crippen LogP contribution in [0.3, 0.4) is 0 Å². The molecule has 4 heteroatoms. The zero-order valence-electron chi connectivity index (χ0n) is 10.3. The number of benzene rings is 2. The number of halogens is 4. The van der Waals surface area contributed by atoms with E-state index in [2.05, 4.69) is 22.6 Å². The normalized spacial score (nSPS) is 12.5. The Morgan fingerprint density at radius 1 is 1.21 bits per heavy atom. The summed E-state index contributed by atoms with van der Waals surface area (Å²) in [6.45, 7) is 2.01. The standard InChI is InChI=1S/C15H12ClF2I/c1-9-3-2-4-12(15(9)19)13(16)7-10-5-6-11(17)8-14(10)18/h2-6,8,13H,7H2,1H3. The SMILES string of the molecule is Cc1cccc(C(Cl)Cc2ccc(F)cc2F)c1I. The van der Waals surface area contributed by atoms with Crippen LogP contribution in [-0.2, 0) is 6.42 Å². The first-order chi connectivity index (χ1) is 8.99. The van der Waals surface area contributed by atoms with Crippen molar-refractivity contribution in [3.63, 3.8) is 0 Å². The maximum atomic E-state index is 13.6. The molecule has 0 aliphatic rings. The topological polar surface area (TPSA) is 0 Å². The van der Waals surface area contributed by atoms with Crippen LogP contribution in [0.4, 0.5) is 8.78 Å². The molecule has 0 spiro atoms. The minimum Gasteiger partial charge on any atom is -0.207 e. The molecule has 2 aromatic carbocycles. The lowest BCUT2D eigenvalue weighted by molar-refractivity contribution is 0.570. The van der Waals surface area contributed by atoms with Crippen LogP contribution >= 0.6 is 34.2 Å². The number of alkyl halides is 1. The zero-order valence-corrected chi connectivity index (χ0v) is 13.2. The van der Waals surface area contributed by atoms with Crippen LogP contribution < -0.4 is 0 Å². The first kappa shape index (κ1) is 14.7. The van der Waals surface area contributed by atoms with Crippen molar-refractivity contribution in [1.29, 1.82) is 0 Å². The third-order valence-corrected chi connectivity index (χ3v) is 4.84. The quantitative estimate of drug-likeness (QED) is 0.485. The van der Waals surface area contributed by atoms with E-state index in [0.29, 0.717) is 12.0 Å². The fourth-order valence-corrected chi connectivity index (χ4v) is 3.17. The molecule has 0 aromatic heterocycles. The van der Waals surface area contributed by atoms with Gasteiger partial charge in [-0.25, -0.2) is 8.78 Å². The van der Waals surface area contributed by atoms with E-state index in [1.807, 2.05) is 25.1 Å². The van der Waals surface area contributed by atoms with Crippen LogP contribution in [0.1, 0.15) is 22.1 Å². The summed E-state index contributed by atoms with van der Waals surface area (Å²) in [5.74, 6) is -1.12. The molecule has 100 valence electrons. The summed E-state index contributed by atoms with van der Waals surface area (Å²) in [5, 5.41) is -0.327. The molecule has 0 aliphatic heterocycles. The Labute approximate surface area is 129 Å². The van der Waals surface area contributed by atoms with Crippen LogP contribution in [0, 0.1) is 22.1 Å². The minimum atomic E-state index is -0.572. The number of aryl methyl sites for hydroxylation is 1. The van der Waals surface area contributed by atoms with E-state index >= 15 is 0 Å². The molecule has 0 N–H and O–H groups in total. The second-order valence-electron chi connectivity index (χ2n) is 4.39. The van der Waals surface area contributed by atoms with E-state index in [0.717, 1.165) is 20.8 Å². The smallest absolute Gasteiger partial charge is 0.129 e. The highest BCUT2D eigenvalue weighted by Crippen LogP contribution is 2.31. The Morgan fingerprint density at radius 3 is 2.63 bits per heavy atom. The van der Waals surface area contributed by atoms with Gasteiger partial charge in [-0.2, -0.15) is 0 Å². The molecule has 2 aromatic rings. The highest BCUT2D eigenvalue weighted by Gasteiger charge is 2.15. The molecule has 0 aliphatic carbocycles. The van der Waals surface area contributed by atoms with E-state index in [-0.39, 0.29) is 5.38 Å². The van der Waals surface area contributed by atoms with E-state index < -0.39 is 11.6 Å². The van der Waals surface area contributed by atoms with E-state index in [9.17, 15) is 8.78 Å². The Balaban J connectivity index is 2.25. The molecular formula is C15H12ClF2I. The van der Waals surface area contributed by atoms with Gasteiger partial charge < -0.3 is 0 Å². The zero-order chi connectivity index (χ0) is 14.0. The monoisotopic (exact) mass is 392 g/mol. The molecule has 1 unspecified atom stereocenters. The van der Waals surface area contributed by atoms with Crippen molar-refractivity contribution < 1.29 is 8.78 Å². The van der Waals surface area contributed by atoms with Gasteiger partial charge in [-0.05, 0) is 58.7 Å². The molecule has 0 radical (unpaired) electrons. The van der Waals surface area contributed by atoms with Crippen molar-refractivity contribution in [2.45, 2.75) is 18.7 Å². The molecule has 0 fully saturated rings. The highest BCUT2D eigenvalue weighted by molar-refractivity contribution is 14.1. The summed E-state index contributed by atoms with van der Waals surface area (Å²) < 4.78 is 27.5. The van der Waals surface area contributed by atoms with Gasteiger partial charge in [-0.15, -0.1) is 11.6 Å². The lowest BCUT2D eigenvalue weighted by Crippen LogP contribution is -2.02. The van der Waals surface area contributed by atoms with Crippen LogP contribution in [0.5, 0.6) is 0 Å². The van der Waals surface area contributed by atoms with E-state index in [1.54, 1.807) is 0 Å². The molecule has 0 saturated heterocycles. The minimum absolute atomic E-state index is 0.327. The molecule has 0 amide bonds. The van der Waals surface area contributed by atoms with Gasteiger partial charge in [0.2, 0.25) is 0 Å². The molecule has 0 heterocycles. The van der Waals surface area contributed by atoms with Crippen molar-refractivity contribution in [3.05, 3.63) is 68.3 Å². The summed E-state index contributed by atoms with van der Waals surface area (Å²) in [6.07, 6.45) is 0.340. The fraction of sp³-hybridized carbons (Fsp3) is 0.200. The van der Waals surface area contributed by atoms with Crippen molar-refractivity contribution >= 4 is 34.2 Å². The lowest BCUT2D eigenvalue weighted by Gasteiger charge is -2.14. The van der Waals surface area contributed by atoms with Crippen molar-refractivity contribution in [2.75, 3.05) is 0 Å². The second kappa shape index (κ2) is 6.18. The largest absolute Gasteiger partial charge is 0.207 e. The Morgan fingerprint density at radius 2 is 1.95 bits per heavy atom. The molecule has 0 bridgehead atoms. The van der Waals surface area contributed by atoms with Gasteiger partial charge in [0.05, 0.1) is 5.38 Å². The number of rotatable bonds is 3. The average Bonchev–Trinajstić information content (AvgIpc) is 2.36. The Kier molecular flexibility index (Phi) is 4.79. The summed E-state index contributed by atoms with van der Waals surface area (Å²) in [7, 11) is 0. The second-order valence-corrected chi connectivity index (χ2v) is 5.99. The molecule has 1 atom stereocenters. The maximum Gasteiger partial charge on any atom is 0.129 e. The van der Waals surface area contributed by atoms with Gasteiger partial charge >= 0.3 is 0 Å². The summed E-state index contributed by atoms with van der Waals surface area (Å²) >= 11 is 8.60. The predicted octanol–water partition coefficient (Wildman–Crippen LogP) is 5.40. The van der Waals surface area contributed by atoms with Crippen molar-refractivity contribution in [1.82, 2.24) is 0 Å². The molecule has 19 heavy (non-hydrogen) atoms. The van der Waals surface area contributed by atoms with Gasteiger partial charge in [-0.1, -0.05) is 24.3 Å². The average molecular weight is 393 g/mol. The Bertz CT molecular complexity index is 599. The molecule has 2 rings (SSSR count). The maximum absolute atomic E-state index is 13.6.